The number of morpholine rings is 1. The molecule has 148 valence electrons. The molecular formula is C18H20N4O5S. The molecule has 1 heterocycles. The van der Waals surface area contributed by atoms with Crippen molar-refractivity contribution in [3.05, 3.63) is 63.7 Å². The Morgan fingerprint density at radius 2 is 1.86 bits per heavy atom. The molecule has 28 heavy (non-hydrogen) atoms. The van der Waals surface area contributed by atoms with Crippen molar-refractivity contribution in [2.45, 2.75) is 11.8 Å². The normalized spacial score (nSPS) is 15.0. The zero-order valence-electron chi connectivity index (χ0n) is 15.2. The summed E-state index contributed by atoms with van der Waals surface area (Å²) >= 11 is 0. The Bertz CT molecular complexity index is 984. The Kier molecular flexibility index (Phi) is 5.90. The van der Waals surface area contributed by atoms with E-state index in [0.717, 1.165) is 11.3 Å². The van der Waals surface area contributed by atoms with Crippen molar-refractivity contribution in [3.8, 4) is 0 Å². The number of aryl methyl sites for hydroxylation is 1. The zero-order valence-corrected chi connectivity index (χ0v) is 16.1. The van der Waals surface area contributed by atoms with E-state index in [1.165, 1.54) is 30.5 Å². The third-order valence-electron chi connectivity index (χ3n) is 4.28. The molecule has 0 bridgehead atoms. The van der Waals surface area contributed by atoms with Crippen LogP contribution in [-0.2, 0) is 14.8 Å². The maximum Gasteiger partial charge on any atom is 0.276 e. The summed E-state index contributed by atoms with van der Waals surface area (Å²) in [6.07, 6.45) is 1.28. The molecule has 10 heteroatoms. The summed E-state index contributed by atoms with van der Waals surface area (Å²) in [4.78, 5) is 14.9. The number of ether oxygens (including phenoxy) is 1. The number of non-ortho nitro benzene ring substituents is 1. The number of nitro benzene ring substituents is 1. The lowest BCUT2D eigenvalue weighted by molar-refractivity contribution is -0.384. The fraction of sp³-hybridized carbons (Fsp3) is 0.278. The largest absolute Gasteiger partial charge is 0.378 e. The van der Waals surface area contributed by atoms with E-state index < -0.39 is 14.9 Å². The molecule has 3 rings (SSSR count). The lowest BCUT2D eigenvalue weighted by Gasteiger charge is -2.29. The number of nitro groups is 1. The Hall–Kier alpha value is -2.98. The predicted molar refractivity (Wildman–Crippen MR) is 105 cm³/mol. The number of benzene rings is 2. The number of rotatable bonds is 6. The van der Waals surface area contributed by atoms with Crippen LogP contribution in [0, 0.1) is 17.0 Å². The zero-order chi connectivity index (χ0) is 20.1. The van der Waals surface area contributed by atoms with E-state index in [2.05, 4.69) is 9.93 Å². The quantitative estimate of drug-likeness (QED) is 0.448. The highest BCUT2D eigenvalue weighted by Crippen LogP contribution is 2.25. The van der Waals surface area contributed by atoms with Crippen LogP contribution in [0.25, 0.3) is 0 Å². The Morgan fingerprint density at radius 3 is 2.50 bits per heavy atom. The number of sulfonamides is 1. The number of hydrogen-bond donors (Lipinski definition) is 1. The molecule has 0 unspecified atom stereocenters. The maximum absolute atomic E-state index is 12.3. The molecule has 0 radical (unpaired) electrons. The van der Waals surface area contributed by atoms with Gasteiger partial charge in [-0.3, -0.25) is 10.1 Å². The Morgan fingerprint density at radius 1 is 1.18 bits per heavy atom. The van der Waals surface area contributed by atoms with Gasteiger partial charge in [0.05, 0.1) is 29.2 Å². The molecule has 1 saturated heterocycles. The molecule has 2 aromatic rings. The second-order valence-corrected chi connectivity index (χ2v) is 7.93. The minimum atomic E-state index is -3.83. The number of hydrazone groups is 1. The third-order valence-corrected chi connectivity index (χ3v) is 5.52. The minimum absolute atomic E-state index is 0.0858. The van der Waals surface area contributed by atoms with Crippen molar-refractivity contribution >= 4 is 27.6 Å². The number of nitrogens with zero attached hydrogens (tertiary/aromatic N) is 3. The molecule has 0 aliphatic carbocycles. The molecule has 2 aromatic carbocycles. The molecule has 1 aliphatic heterocycles. The van der Waals surface area contributed by atoms with Gasteiger partial charge in [0, 0.05) is 36.5 Å². The van der Waals surface area contributed by atoms with Crippen molar-refractivity contribution in [2.24, 2.45) is 5.10 Å². The molecule has 1 N–H and O–H groups in total. The standard InChI is InChI=1S/C18H20N4O5S/c1-14-2-5-17(6-3-14)28(25,26)20-19-13-15-12-16(22(23)24)4-7-18(15)21-8-10-27-11-9-21/h2-7,12-13,20H,8-11H2,1H3/b19-13-. The summed E-state index contributed by atoms with van der Waals surface area (Å²) < 4.78 is 30.0. The van der Waals surface area contributed by atoms with Crippen LogP contribution in [0.1, 0.15) is 11.1 Å². The van der Waals surface area contributed by atoms with E-state index in [-0.39, 0.29) is 10.6 Å². The maximum atomic E-state index is 12.3. The van der Waals surface area contributed by atoms with Gasteiger partial charge in [-0.25, -0.2) is 4.83 Å². The second-order valence-electron chi connectivity index (χ2n) is 6.27. The minimum Gasteiger partial charge on any atom is -0.378 e. The summed E-state index contributed by atoms with van der Waals surface area (Å²) in [5.74, 6) is 0. The van der Waals surface area contributed by atoms with Crippen molar-refractivity contribution < 1.29 is 18.1 Å². The van der Waals surface area contributed by atoms with Gasteiger partial charge in [0.2, 0.25) is 0 Å². The average molecular weight is 404 g/mol. The van der Waals surface area contributed by atoms with E-state index in [1.54, 1.807) is 18.2 Å². The predicted octanol–water partition coefficient (Wildman–Crippen LogP) is 2.05. The molecule has 0 aromatic heterocycles. The Balaban J connectivity index is 1.85. The fourth-order valence-electron chi connectivity index (χ4n) is 2.79. The van der Waals surface area contributed by atoms with Gasteiger partial charge < -0.3 is 9.64 Å². The molecule has 9 nitrogen and oxygen atoms in total. The molecule has 1 fully saturated rings. The van der Waals surface area contributed by atoms with Crippen LogP contribution in [0.3, 0.4) is 0 Å². The SMILES string of the molecule is Cc1ccc(S(=O)(=O)N/N=C\c2cc([N+](=O)[O-])ccc2N2CCOCC2)cc1. The lowest BCUT2D eigenvalue weighted by atomic mass is 10.1. The first-order valence-corrected chi connectivity index (χ1v) is 10.1. The van der Waals surface area contributed by atoms with Crippen LogP contribution in [-0.4, -0.2) is 45.9 Å². The van der Waals surface area contributed by atoms with Crippen LogP contribution in [0.5, 0.6) is 0 Å². The van der Waals surface area contributed by atoms with Gasteiger partial charge in [0.15, 0.2) is 0 Å². The summed E-state index contributed by atoms with van der Waals surface area (Å²) in [7, 11) is -3.83. The molecule has 0 amide bonds. The summed E-state index contributed by atoms with van der Waals surface area (Å²) in [5, 5.41) is 14.9. The fourth-order valence-corrected chi connectivity index (χ4v) is 3.58. The summed E-state index contributed by atoms with van der Waals surface area (Å²) in [6.45, 7) is 4.22. The van der Waals surface area contributed by atoms with E-state index in [4.69, 9.17) is 4.74 Å². The van der Waals surface area contributed by atoms with Gasteiger partial charge in [-0.2, -0.15) is 13.5 Å². The van der Waals surface area contributed by atoms with Crippen molar-refractivity contribution in [2.75, 3.05) is 31.2 Å². The van der Waals surface area contributed by atoms with Gasteiger partial charge in [-0.05, 0) is 25.1 Å². The average Bonchev–Trinajstić information content (AvgIpc) is 2.69. The monoisotopic (exact) mass is 404 g/mol. The van der Waals surface area contributed by atoms with Gasteiger partial charge in [-0.1, -0.05) is 17.7 Å². The first-order valence-electron chi connectivity index (χ1n) is 8.59. The van der Waals surface area contributed by atoms with Crippen molar-refractivity contribution in [1.29, 1.82) is 0 Å². The highest BCUT2D eigenvalue weighted by atomic mass is 32.2. The molecule has 0 spiro atoms. The smallest absolute Gasteiger partial charge is 0.276 e. The van der Waals surface area contributed by atoms with Crippen molar-refractivity contribution in [1.82, 2.24) is 4.83 Å². The van der Waals surface area contributed by atoms with Gasteiger partial charge in [0.25, 0.3) is 15.7 Å². The third kappa shape index (κ3) is 4.65. The summed E-state index contributed by atoms with van der Waals surface area (Å²) in [5.41, 5.74) is 2.02. The van der Waals surface area contributed by atoms with Crippen LogP contribution in [0.2, 0.25) is 0 Å². The summed E-state index contributed by atoms with van der Waals surface area (Å²) in [6, 6.07) is 10.8. The first kappa shape index (κ1) is 19.8. The van der Waals surface area contributed by atoms with Crippen LogP contribution in [0.15, 0.2) is 52.5 Å². The van der Waals surface area contributed by atoms with Crippen LogP contribution in [0.4, 0.5) is 11.4 Å². The second kappa shape index (κ2) is 8.36. The van der Waals surface area contributed by atoms with Crippen LogP contribution >= 0.6 is 0 Å². The molecule has 0 atom stereocenters. The number of nitrogens with one attached hydrogen (secondary N) is 1. The highest BCUT2D eigenvalue weighted by Gasteiger charge is 2.18. The molecular weight excluding hydrogens is 384 g/mol. The topological polar surface area (TPSA) is 114 Å². The number of hydrogen-bond acceptors (Lipinski definition) is 7. The van der Waals surface area contributed by atoms with Crippen molar-refractivity contribution in [3.63, 3.8) is 0 Å². The van der Waals surface area contributed by atoms with Gasteiger partial charge in [0.1, 0.15) is 0 Å². The first-order chi connectivity index (χ1) is 13.4. The molecule has 1 aliphatic rings. The highest BCUT2D eigenvalue weighted by molar-refractivity contribution is 7.89. The van der Waals surface area contributed by atoms with Gasteiger partial charge in [-0.15, -0.1) is 0 Å². The van der Waals surface area contributed by atoms with Gasteiger partial charge >= 0.3 is 0 Å². The van der Waals surface area contributed by atoms with E-state index in [0.29, 0.717) is 31.9 Å². The van der Waals surface area contributed by atoms with Crippen LogP contribution < -0.4 is 9.73 Å². The molecule has 0 saturated carbocycles. The van der Waals surface area contributed by atoms with E-state index in [1.807, 2.05) is 11.8 Å². The van der Waals surface area contributed by atoms with E-state index >= 15 is 0 Å². The lowest BCUT2D eigenvalue weighted by Crippen LogP contribution is -2.36. The Labute approximate surface area is 162 Å². The van der Waals surface area contributed by atoms with E-state index in [9.17, 15) is 18.5 Å². The number of anilines is 1.